The van der Waals surface area contributed by atoms with E-state index in [0.29, 0.717) is 72.9 Å². The number of aliphatic hydroxyl groups excluding tert-OH is 1. The van der Waals surface area contributed by atoms with E-state index in [9.17, 15) is 9.90 Å². The zero-order valence-corrected chi connectivity index (χ0v) is 23.6. The number of benzene rings is 2. The first-order chi connectivity index (χ1) is 18.2. The lowest BCUT2D eigenvalue weighted by Gasteiger charge is -2.37. The van der Waals surface area contributed by atoms with Gasteiger partial charge < -0.3 is 33.7 Å². The molecule has 9 nitrogen and oxygen atoms in total. The van der Waals surface area contributed by atoms with Crippen molar-refractivity contribution in [2.24, 2.45) is 5.92 Å². The molecule has 2 aromatic carbocycles. The average Bonchev–Trinajstić information content (AvgIpc) is 2.91. The Kier molecular flexibility index (Phi) is 11.3. The predicted octanol–water partition coefficient (Wildman–Crippen LogP) is 3.60. The molecule has 1 amide bonds. The van der Waals surface area contributed by atoms with Gasteiger partial charge in [0, 0.05) is 43.3 Å². The van der Waals surface area contributed by atoms with Crippen LogP contribution in [0, 0.1) is 5.92 Å². The number of hydrogen-bond donors (Lipinski definition) is 1. The first kappa shape index (κ1) is 29.8. The molecule has 1 fully saturated rings. The summed E-state index contributed by atoms with van der Waals surface area (Å²) in [7, 11) is 4.58. The first-order valence-corrected chi connectivity index (χ1v) is 13.1. The van der Waals surface area contributed by atoms with Gasteiger partial charge in [0.1, 0.15) is 18.5 Å². The van der Waals surface area contributed by atoms with Crippen LogP contribution in [0.5, 0.6) is 23.0 Å². The van der Waals surface area contributed by atoms with E-state index in [-0.39, 0.29) is 24.5 Å². The Morgan fingerprint density at radius 2 is 1.79 bits per heavy atom. The second-order valence-electron chi connectivity index (χ2n) is 9.69. The molecule has 0 bridgehead atoms. The van der Waals surface area contributed by atoms with Gasteiger partial charge in [-0.1, -0.05) is 25.4 Å². The third kappa shape index (κ3) is 8.39. The molecule has 1 N–H and O–H groups in total. The summed E-state index contributed by atoms with van der Waals surface area (Å²) in [5, 5.41) is 11.2. The molecule has 0 radical (unpaired) electrons. The summed E-state index contributed by atoms with van der Waals surface area (Å²) in [6.07, 6.45) is -0.866. The third-order valence-electron chi connectivity index (χ3n) is 6.16. The summed E-state index contributed by atoms with van der Waals surface area (Å²) in [4.78, 5) is 17.6. The second kappa shape index (κ2) is 14.4. The van der Waals surface area contributed by atoms with Crippen LogP contribution in [-0.4, -0.2) is 100 Å². The van der Waals surface area contributed by atoms with Crippen molar-refractivity contribution in [2.75, 3.05) is 67.3 Å². The van der Waals surface area contributed by atoms with Crippen LogP contribution in [0.4, 0.5) is 0 Å². The van der Waals surface area contributed by atoms with E-state index in [1.54, 1.807) is 41.3 Å². The van der Waals surface area contributed by atoms with E-state index in [0.717, 1.165) is 0 Å². The van der Waals surface area contributed by atoms with Crippen LogP contribution in [0.3, 0.4) is 0 Å². The summed E-state index contributed by atoms with van der Waals surface area (Å²) in [6.45, 7) is 7.54. The van der Waals surface area contributed by atoms with Crippen LogP contribution < -0.4 is 18.9 Å². The highest BCUT2D eigenvalue weighted by Gasteiger charge is 2.28. The molecule has 0 spiro atoms. The summed E-state index contributed by atoms with van der Waals surface area (Å²) in [5.41, 5.74) is 0.447. The molecule has 2 atom stereocenters. The van der Waals surface area contributed by atoms with E-state index in [4.69, 9.17) is 35.3 Å². The standard InChI is InChI=1S/C28H39ClN2O7/c1-19(2)14-31(28(33)20-12-25(34-3)27(36-5)26(13-20)35-4)17-24-16-30(10-11-37-24)15-22(32)18-38-23-8-6-21(29)7-9-23/h6-9,12-13,19,22,24,32H,10-11,14-18H2,1-5H3. The molecular weight excluding hydrogens is 512 g/mol. The van der Waals surface area contributed by atoms with Gasteiger partial charge in [-0.25, -0.2) is 0 Å². The van der Waals surface area contributed by atoms with Crippen LogP contribution in [0.1, 0.15) is 24.2 Å². The molecular formula is C28H39ClN2O7. The van der Waals surface area contributed by atoms with Crippen molar-refractivity contribution in [3.05, 3.63) is 47.0 Å². The molecule has 0 saturated carbocycles. The molecule has 1 aliphatic rings. The monoisotopic (exact) mass is 550 g/mol. The van der Waals surface area contributed by atoms with Crippen molar-refractivity contribution < 1.29 is 33.6 Å². The number of aliphatic hydroxyl groups is 1. The van der Waals surface area contributed by atoms with Gasteiger partial charge in [-0.05, 0) is 42.3 Å². The van der Waals surface area contributed by atoms with Crippen LogP contribution >= 0.6 is 11.6 Å². The van der Waals surface area contributed by atoms with Gasteiger partial charge in [-0.2, -0.15) is 0 Å². The van der Waals surface area contributed by atoms with Crippen LogP contribution in [0.25, 0.3) is 0 Å². The van der Waals surface area contributed by atoms with Gasteiger partial charge in [0.2, 0.25) is 5.75 Å². The van der Waals surface area contributed by atoms with E-state index in [1.807, 2.05) is 0 Å². The highest BCUT2D eigenvalue weighted by atomic mass is 35.5. The first-order valence-electron chi connectivity index (χ1n) is 12.7. The fourth-order valence-electron chi connectivity index (χ4n) is 4.44. The maximum absolute atomic E-state index is 13.6. The maximum Gasteiger partial charge on any atom is 0.254 e. The minimum atomic E-state index is -0.669. The highest BCUT2D eigenvalue weighted by molar-refractivity contribution is 6.30. The Morgan fingerprint density at radius 3 is 2.37 bits per heavy atom. The Morgan fingerprint density at radius 1 is 1.13 bits per heavy atom. The number of morpholine rings is 1. The number of ether oxygens (including phenoxy) is 5. The van der Waals surface area contributed by atoms with Crippen molar-refractivity contribution in [3.8, 4) is 23.0 Å². The number of carbonyl (C=O) groups is 1. The predicted molar refractivity (Wildman–Crippen MR) is 146 cm³/mol. The molecule has 1 aliphatic heterocycles. The lowest BCUT2D eigenvalue weighted by Crippen LogP contribution is -2.51. The Labute approximate surface area is 230 Å². The van der Waals surface area contributed by atoms with Crippen molar-refractivity contribution in [3.63, 3.8) is 0 Å². The van der Waals surface area contributed by atoms with Gasteiger partial charge in [0.25, 0.3) is 5.91 Å². The van der Waals surface area contributed by atoms with E-state index in [1.165, 1.54) is 21.3 Å². The van der Waals surface area contributed by atoms with Gasteiger partial charge >= 0.3 is 0 Å². The number of hydrogen-bond acceptors (Lipinski definition) is 8. The normalized spacial score (nSPS) is 16.7. The van der Waals surface area contributed by atoms with Crippen molar-refractivity contribution in [2.45, 2.75) is 26.1 Å². The van der Waals surface area contributed by atoms with Crippen molar-refractivity contribution in [1.82, 2.24) is 9.80 Å². The molecule has 38 heavy (non-hydrogen) atoms. The molecule has 2 unspecified atom stereocenters. The maximum atomic E-state index is 13.6. The van der Waals surface area contributed by atoms with Gasteiger partial charge in [0.05, 0.1) is 34.0 Å². The van der Waals surface area contributed by atoms with Crippen molar-refractivity contribution >= 4 is 17.5 Å². The van der Waals surface area contributed by atoms with Crippen LogP contribution in [-0.2, 0) is 4.74 Å². The molecule has 2 aromatic rings. The van der Waals surface area contributed by atoms with E-state index in [2.05, 4.69) is 18.7 Å². The summed E-state index contributed by atoms with van der Waals surface area (Å²) >= 11 is 5.91. The minimum absolute atomic E-state index is 0.143. The number of halogens is 1. The zero-order chi connectivity index (χ0) is 27.7. The number of β-amino-alcohol motifs (C(OH)–C–C–N with tert-alkyl or cyclic N) is 1. The summed E-state index contributed by atoms with van der Waals surface area (Å²) in [5.74, 6) is 2.06. The molecule has 210 valence electrons. The second-order valence-corrected chi connectivity index (χ2v) is 10.1. The molecule has 0 aliphatic carbocycles. The molecule has 1 saturated heterocycles. The lowest BCUT2D eigenvalue weighted by molar-refractivity contribution is -0.0542. The number of carbonyl (C=O) groups excluding carboxylic acids is 1. The lowest BCUT2D eigenvalue weighted by atomic mass is 10.1. The number of nitrogens with zero attached hydrogens (tertiary/aromatic N) is 2. The molecule has 1 heterocycles. The zero-order valence-electron chi connectivity index (χ0n) is 22.8. The van der Waals surface area contributed by atoms with E-state index < -0.39 is 6.10 Å². The average molecular weight is 551 g/mol. The SMILES string of the molecule is COc1cc(C(=O)N(CC(C)C)CC2CN(CC(O)COc3ccc(Cl)cc3)CCO2)cc(OC)c1OC. The van der Waals surface area contributed by atoms with Crippen molar-refractivity contribution in [1.29, 1.82) is 0 Å². The van der Waals surface area contributed by atoms with Gasteiger partial charge in [0.15, 0.2) is 11.5 Å². The number of rotatable bonds is 13. The van der Waals surface area contributed by atoms with Crippen LogP contribution in [0.2, 0.25) is 5.02 Å². The molecule has 10 heteroatoms. The minimum Gasteiger partial charge on any atom is -0.493 e. The van der Waals surface area contributed by atoms with Crippen LogP contribution in [0.15, 0.2) is 36.4 Å². The fraction of sp³-hybridized carbons (Fsp3) is 0.536. The quantitative estimate of drug-likeness (QED) is 0.405. The Bertz CT molecular complexity index is 1010. The number of methoxy groups -OCH3 is 3. The molecule has 3 rings (SSSR count). The number of amides is 1. The Hall–Kier alpha value is -2.72. The topological polar surface area (TPSA) is 89.9 Å². The fourth-order valence-corrected chi connectivity index (χ4v) is 4.57. The summed E-state index contributed by atoms with van der Waals surface area (Å²) < 4.78 is 28.0. The third-order valence-corrected chi connectivity index (χ3v) is 6.41. The Balaban J connectivity index is 1.63. The molecule has 0 aromatic heterocycles. The van der Waals surface area contributed by atoms with Gasteiger partial charge in [-0.3, -0.25) is 9.69 Å². The largest absolute Gasteiger partial charge is 0.493 e. The highest BCUT2D eigenvalue weighted by Crippen LogP contribution is 2.38. The summed E-state index contributed by atoms with van der Waals surface area (Å²) in [6, 6.07) is 10.4. The smallest absolute Gasteiger partial charge is 0.254 e. The van der Waals surface area contributed by atoms with Gasteiger partial charge in [-0.15, -0.1) is 0 Å². The van der Waals surface area contributed by atoms with E-state index >= 15 is 0 Å².